The van der Waals surface area contributed by atoms with Crippen LogP contribution in [0.15, 0.2) is 0 Å². The van der Waals surface area contributed by atoms with Crippen molar-refractivity contribution in [1.29, 1.82) is 5.26 Å². The summed E-state index contributed by atoms with van der Waals surface area (Å²) in [5.41, 5.74) is -3.87. The van der Waals surface area contributed by atoms with E-state index in [1.165, 1.54) is 70.5 Å². The van der Waals surface area contributed by atoms with Crippen molar-refractivity contribution in [2.45, 2.75) is 186 Å². The van der Waals surface area contributed by atoms with Crippen molar-refractivity contribution in [3.05, 3.63) is 0 Å². The number of thioether (sulfide) groups is 4. The van der Waals surface area contributed by atoms with Gasteiger partial charge in [-0.25, -0.2) is 0 Å². The highest BCUT2D eigenvalue weighted by atomic mass is 32.2. The average Bonchev–Trinajstić information content (AvgIpc) is 0.728. The minimum Gasteiger partial charge on any atom is -0.465 e. The molecule has 33 heteroatoms. The molecule has 0 amide bonds. The van der Waals surface area contributed by atoms with Crippen LogP contribution in [0.4, 0.5) is 43.9 Å². The number of rotatable bonds is 49. The first-order valence-corrected chi connectivity index (χ1v) is 40.2. The molecule has 0 aliphatic heterocycles. The van der Waals surface area contributed by atoms with Crippen molar-refractivity contribution in [3.8, 4) is 6.07 Å². The maximum absolute atomic E-state index is 15.1. The maximum Gasteiger partial charge on any atom is 0.384 e. The Morgan fingerprint density at radius 3 is 1.30 bits per heavy atom. The van der Waals surface area contributed by atoms with Gasteiger partial charge in [0.15, 0.2) is 8.32 Å². The zero-order valence-electron chi connectivity index (χ0n) is 54.0. The molecule has 0 rings (SSSR count). The lowest BCUT2D eigenvalue weighted by Crippen LogP contribution is -2.66. The summed E-state index contributed by atoms with van der Waals surface area (Å²) >= 11 is 10.7. The molecule has 0 saturated heterocycles. The van der Waals surface area contributed by atoms with Crippen LogP contribution in [-0.2, 0) is 70.5 Å². The summed E-state index contributed by atoms with van der Waals surface area (Å²) in [5.74, 6) is -44.3. The van der Waals surface area contributed by atoms with Crippen LogP contribution in [0.2, 0.25) is 31.7 Å². The number of carbonyl (C=O) groups excluding carboxylic acids is 6. The van der Waals surface area contributed by atoms with Crippen LogP contribution in [0.1, 0.15) is 119 Å². The van der Waals surface area contributed by atoms with Crippen LogP contribution in [0.25, 0.3) is 0 Å². The van der Waals surface area contributed by atoms with E-state index in [2.05, 4.69) is 0 Å². The predicted octanol–water partition coefficient (Wildman–Crippen LogP) is 14.5. The van der Waals surface area contributed by atoms with Gasteiger partial charge in [0.2, 0.25) is 0 Å². The van der Waals surface area contributed by atoms with Crippen molar-refractivity contribution in [1.82, 2.24) is 0 Å². The number of alkyl halides is 10. The third kappa shape index (κ3) is 31.0. The molecule has 0 radical (unpaired) electrons. The maximum atomic E-state index is 15.1. The average molecular weight is 1450 g/mol. The SMILES string of the molecule is C.CO[Si](C)(C)CCCOC(=O)C(CC(CC(CC(SC(C)=S)C(=O)OCCC[Si](C)(OC)OC)C(=O)OCCCSC)C(=O)OCCCSC)CC(CC(C)(CC(C)(C)C#N)C(=O)OCCC(F)(F)C(F)(F)C(F)(F)C(F)(F)C(C)(F)F)C(=O)OCCCSC. The van der Waals surface area contributed by atoms with Crippen molar-refractivity contribution in [3.63, 3.8) is 0 Å². The fraction of sp³-hybridized carbons (Fsp3) is 0.862. The van der Waals surface area contributed by atoms with Gasteiger partial charge in [0.25, 0.3) is 0 Å². The van der Waals surface area contributed by atoms with E-state index in [0.29, 0.717) is 52.8 Å². The van der Waals surface area contributed by atoms with Gasteiger partial charge in [-0.05, 0) is 166 Å². The highest BCUT2D eigenvalue weighted by molar-refractivity contribution is 8.23. The number of esters is 6. The van der Waals surface area contributed by atoms with Gasteiger partial charge in [-0.2, -0.15) is 84.5 Å². The van der Waals surface area contributed by atoms with Crippen LogP contribution >= 0.6 is 59.3 Å². The second-order valence-electron chi connectivity index (χ2n) is 23.6. The van der Waals surface area contributed by atoms with E-state index in [-0.39, 0.29) is 59.7 Å². The second kappa shape index (κ2) is 42.2. The molecule has 6 unspecified atom stereocenters. The summed E-state index contributed by atoms with van der Waals surface area (Å²) in [5, 5.41) is 9.05. The fourth-order valence-corrected chi connectivity index (χ4v) is 14.2. The van der Waals surface area contributed by atoms with E-state index in [0.717, 1.165) is 18.7 Å². The first-order chi connectivity index (χ1) is 41.5. The zero-order valence-corrected chi connectivity index (χ0v) is 60.1. The molecule has 6 atom stereocenters. The molecule has 0 N–H and O–H groups in total. The quantitative estimate of drug-likeness (QED) is 0.0138. The largest absolute Gasteiger partial charge is 0.465 e. The van der Waals surface area contributed by atoms with Gasteiger partial charge in [-0.3, -0.25) is 28.8 Å². The Balaban J connectivity index is 0. The molecule has 0 aliphatic rings. The zero-order chi connectivity index (χ0) is 69.6. The van der Waals surface area contributed by atoms with Gasteiger partial charge in [0.05, 0.1) is 86.6 Å². The third-order valence-corrected chi connectivity index (χ3v) is 23.7. The third-order valence-electron chi connectivity index (χ3n) is 14.7. The normalized spacial score (nSPS) is 15.1. The van der Waals surface area contributed by atoms with E-state index >= 15 is 8.78 Å². The molecule has 0 aromatic carbocycles. The summed E-state index contributed by atoms with van der Waals surface area (Å²) < 4.78 is 195. The number of halogens is 10. The Bertz CT molecular complexity index is 2290. The lowest BCUT2D eigenvalue weighted by atomic mass is 9.68. The first-order valence-electron chi connectivity index (χ1n) is 29.1. The monoisotopic (exact) mass is 1450 g/mol. The number of hydrogen-bond donors (Lipinski definition) is 0. The molecular weight excluding hydrogens is 1360 g/mol. The van der Waals surface area contributed by atoms with Gasteiger partial charge in [-0.15, -0.1) is 11.8 Å². The Labute approximate surface area is 556 Å². The fourth-order valence-electron chi connectivity index (χ4n) is 9.22. The number of nitrogens with zero attached hydrogens (tertiary/aromatic N) is 1. The van der Waals surface area contributed by atoms with Gasteiger partial charge in [-0.1, -0.05) is 19.6 Å². The molecular formula is C58H97F10NO15S5Si2. The number of ether oxygens (including phenoxy) is 6. The summed E-state index contributed by atoms with van der Waals surface area (Å²) in [7, 11) is -0.270. The van der Waals surface area contributed by atoms with E-state index in [1.807, 2.05) is 38.2 Å². The summed E-state index contributed by atoms with van der Waals surface area (Å²) in [6.07, 6.45) is 1.01. The molecule has 532 valence electrons. The van der Waals surface area contributed by atoms with Crippen molar-refractivity contribution in [2.24, 2.45) is 34.5 Å². The van der Waals surface area contributed by atoms with E-state index in [1.54, 1.807) is 13.2 Å². The van der Waals surface area contributed by atoms with Gasteiger partial charge < -0.3 is 41.7 Å². The molecule has 91 heavy (non-hydrogen) atoms. The molecule has 0 saturated carbocycles. The van der Waals surface area contributed by atoms with E-state index in [9.17, 15) is 69.2 Å². The highest BCUT2D eigenvalue weighted by Gasteiger charge is 2.85. The van der Waals surface area contributed by atoms with Crippen LogP contribution < -0.4 is 0 Å². The molecule has 16 nitrogen and oxygen atoms in total. The Morgan fingerprint density at radius 1 is 0.527 bits per heavy atom. The van der Waals surface area contributed by atoms with Gasteiger partial charge >= 0.3 is 74.0 Å². The number of nitriles is 1. The Morgan fingerprint density at radius 2 is 0.912 bits per heavy atom. The lowest BCUT2D eigenvalue weighted by Gasteiger charge is -2.38. The summed E-state index contributed by atoms with van der Waals surface area (Å²) in [6.45, 7) is 7.37. The summed E-state index contributed by atoms with van der Waals surface area (Å²) in [6, 6.07) is 2.88. The smallest absolute Gasteiger partial charge is 0.384 e. The Hall–Kier alpha value is -2.59. The number of thiocarbonyl (C=S) groups is 1. The minimum absolute atomic E-state index is 0. The van der Waals surface area contributed by atoms with E-state index < -0.39 is 174 Å². The highest BCUT2D eigenvalue weighted by Crippen LogP contribution is 2.57. The van der Waals surface area contributed by atoms with Crippen molar-refractivity contribution in [2.75, 3.05) is 97.0 Å². The lowest BCUT2D eigenvalue weighted by molar-refractivity contribution is -0.399. The standard InChI is InChI=1S/C57H93F10NO15S5Si2.CH4/c1-39(84)88-44(49(73)82-25-19-31-90(14,76-7)77-8)35-42(47(71)79-22-16-28-86-10)33-40(45(69)78-21-15-27-85-9)32-41(46(70)81-24-18-30-89(12,13)75-6)34-43(48(72)80-23-17-29-87-11)36-52(4,37-51(2,3)38-68)50(74)83-26-20-54(60,61)56(64,65)57(66,67)55(62,63)53(5,58)59;/h40-44H,15-37H2,1-14H3;1H4. The van der Waals surface area contributed by atoms with Crippen molar-refractivity contribution < 1.29 is 114 Å². The number of hydrogen-bond acceptors (Lipinski definition) is 21. The topological polar surface area (TPSA) is 209 Å². The minimum atomic E-state index is -7.36. The predicted molar refractivity (Wildman–Crippen MR) is 344 cm³/mol. The first kappa shape index (κ1) is 90.5. The molecule has 0 aromatic heterocycles. The van der Waals surface area contributed by atoms with Crippen LogP contribution in [-0.4, -0.2) is 189 Å². The molecule has 0 aliphatic carbocycles. The van der Waals surface area contributed by atoms with Crippen LogP contribution in [0.3, 0.4) is 0 Å². The second-order valence-corrected chi connectivity index (χ2v) is 36.8. The summed E-state index contributed by atoms with van der Waals surface area (Å²) in [4.78, 5) is 86.8. The molecule has 0 spiro atoms. The van der Waals surface area contributed by atoms with E-state index in [4.69, 9.17) is 53.9 Å². The molecule has 0 aromatic rings. The molecule has 0 heterocycles. The number of carbonyl (C=O) groups is 6. The van der Waals surface area contributed by atoms with Gasteiger partial charge in [0, 0.05) is 32.4 Å². The van der Waals surface area contributed by atoms with Crippen LogP contribution in [0.5, 0.6) is 0 Å². The van der Waals surface area contributed by atoms with Gasteiger partial charge in [0.1, 0.15) is 5.25 Å². The Kier molecular flexibility index (Phi) is 41.9. The van der Waals surface area contributed by atoms with Crippen molar-refractivity contribution >= 4 is 116 Å². The molecule has 0 fully saturated rings. The van der Waals surface area contributed by atoms with Crippen LogP contribution in [0, 0.1) is 45.8 Å². The molecule has 0 bridgehead atoms.